The summed E-state index contributed by atoms with van der Waals surface area (Å²) in [5.74, 6) is -0.823. The highest BCUT2D eigenvalue weighted by Gasteiger charge is 2.19. The zero-order chi connectivity index (χ0) is 18.0. The third-order valence-corrected chi connectivity index (χ3v) is 5.37. The first-order valence-electron chi connectivity index (χ1n) is 7.74. The number of amides is 1. The van der Waals surface area contributed by atoms with E-state index in [9.17, 15) is 9.18 Å². The molecule has 0 aliphatic carbocycles. The average Bonchev–Trinajstić information content (AvgIpc) is 3.01. The standard InChI is InChI=1S/C18H17ClFN3OS/c1-11(18-22-14-5-3-4-6-16(14)25-18)23(2)10-17(24)21-15-9-12(19)7-8-13(15)20/h3-9,11H,10H2,1-2H3,(H,21,24)/t11-/m1/s1. The van der Waals surface area contributed by atoms with Crippen LogP contribution in [-0.2, 0) is 4.79 Å². The lowest BCUT2D eigenvalue weighted by atomic mass is 10.3. The number of halogens is 2. The molecular formula is C18H17ClFN3OS. The Morgan fingerprint density at radius 3 is 2.88 bits per heavy atom. The fourth-order valence-electron chi connectivity index (χ4n) is 2.40. The minimum atomic E-state index is -0.514. The largest absolute Gasteiger partial charge is 0.322 e. The van der Waals surface area contributed by atoms with Gasteiger partial charge in [-0.1, -0.05) is 23.7 Å². The molecule has 130 valence electrons. The van der Waals surface area contributed by atoms with Gasteiger partial charge in [0.05, 0.1) is 28.5 Å². The van der Waals surface area contributed by atoms with E-state index in [0.29, 0.717) is 5.02 Å². The third kappa shape index (κ3) is 4.15. The van der Waals surface area contributed by atoms with Crippen molar-refractivity contribution >= 4 is 44.7 Å². The van der Waals surface area contributed by atoms with Gasteiger partial charge in [0.15, 0.2) is 0 Å². The van der Waals surface area contributed by atoms with Crippen molar-refractivity contribution in [3.63, 3.8) is 0 Å². The number of aromatic nitrogens is 1. The number of anilines is 1. The van der Waals surface area contributed by atoms with Crippen molar-refractivity contribution in [2.45, 2.75) is 13.0 Å². The van der Waals surface area contributed by atoms with Gasteiger partial charge in [0.2, 0.25) is 5.91 Å². The van der Waals surface area contributed by atoms with Crippen LogP contribution in [0.25, 0.3) is 10.2 Å². The Hall–Kier alpha value is -2.02. The maximum Gasteiger partial charge on any atom is 0.238 e. The van der Waals surface area contributed by atoms with E-state index < -0.39 is 5.82 Å². The van der Waals surface area contributed by atoms with Crippen LogP contribution in [0.4, 0.5) is 10.1 Å². The minimum Gasteiger partial charge on any atom is -0.322 e. The summed E-state index contributed by atoms with van der Waals surface area (Å²) >= 11 is 7.45. The quantitative estimate of drug-likeness (QED) is 0.699. The Balaban J connectivity index is 1.67. The second-order valence-electron chi connectivity index (χ2n) is 5.78. The maximum atomic E-state index is 13.7. The van der Waals surface area contributed by atoms with E-state index in [1.54, 1.807) is 11.3 Å². The number of nitrogens with one attached hydrogen (secondary N) is 1. The van der Waals surface area contributed by atoms with Crippen LogP contribution < -0.4 is 5.32 Å². The Kier molecular flexibility index (Phi) is 5.32. The van der Waals surface area contributed by atoms with Gasteiger partial charge in [0, 0.05) is 5.02 Å². The van der Waals surface area contributed by atoms with Gasteiger partial charge in [0.25, 0.3) is 0 Å². The lowest BCUT2D eigenvalue weighted by Crippen LogP contribution is -2.32. The minimum absolute atomic E-state index is 0.0349. The molecule has 4 nitrogen and oxygen atoms in total. The van der Waals surface area contributed by atoms with Gasteiger partial charge in [-0.2, -0.15) is 0 Å². The summed E-state index contributed by atoms with van der Waals surface area (Å²) in [7, 11) is 1.84. The third-order valence-electron chi connectivity index (χ3n) is 3.92. The first-order chi connectivity index (χ1) is 11.9. The van der Waals surface area contributed by atoms with Gasteiger partial charge in [-0.15, -0.1) is 11.3 Å². The summed E-state index contributed by atoms with van der Waals surface area (Å²) in [6.07, 6.45) is 0. The second kappa shape index (κ2) is 7.47. The molecule has 1 aromatic heterocycles. The average molecular weight is 378 g/mol. The van der Waals surface area contributed by atoms with Gasteiger partial charge >= 0.3 is 0 Å². The number of carbonyl (C=O) groups excluding carboxylic acids is 1. The topological polar surface area (TPSA) is 45.2 Å². The number of para-hydroxylation sites is 1. The molecule has 25 heavy (non-hydrogen) atoms. The Morgan fingerprint density at radius 1 is 1.36 bits per heavy atom. The van der Waals surface area contributed by atoms with Crippen molar-refractivity contribution in [1.82, 2.24) is 9.88 Å². The van der Waals surface area contributed by atoms with Crippen LogP contribution in [-0.4, -0.2) is 29.4 Å². The molecule has 0 aliphatic heterocycles. The highest BCUT2D eigenvalue weighted by atomic mass is 35.5. The van der Waals surface area contributed by atoms with Gasteiger partial charge in [-0.3, -0.25) is 9.69 Å². The summed E-state index contributed by atoms with van der Waals surface area (Å²) in [6.45, 7) is 2.11. The number of carbonyl (C=O) groups is 1. The summed E-state index contributed by atoms with van der Waals surface area (Å²) < 4.78 is 14.8. The number of nitrogens with zero attached hydrogens (tertiary/aromatic N) is 2. The van der Waals surface area contributed by atoms with E-state index in [1.165, 1.54) is 18.2 Å². The second-order valence-corrected chi connectivity index (χ2v) is 7.28. The van der Waals surface area contributed by atoms with Gasteiger partial charge in [-0.05, 0) is 44.3 Å². The molecule has 0 spiro atoms. The molecule has 3 aromatic rings. The molecule has 1 N–H and O–H groups in total. The SMILES string of the molecule is C[C@H](c1nc2ccccc2s1)N(C)CC(=O)Nc1cc(Cl)ccc1F. The lowest BCUT2D eigenvalue weighted by Gasteiger charge is -2.22. The maximum absolute atomic E-state index is 13.7. The molecule has 0 radical (unpaired) electrons. The van der Waals surface area contributed by atoms with Crippen LogP contribution in [0.3, 0.4) is 0 Å². The fourth-order valence-corrected chi connectivity index (χ4v) is 3.66. The Morgan fingerprint density at radius 2 is 2.12 bits per heavy atom. The first kappa shape index (κ1) is 17.8. The molecule has 0 saturated heterocycles. The number of rotatable bonds is 5. The van der Waals surface area contributed by atoms with Crippen molar-refractivity contribution in [2.24, 2.45) is 0 Å². The molecule has 0 aliphatic rings. The van der Waals surface area contributed by atoms with E-state index in [1.807, 2.05) is 43.1 Å². The van der Waals surface area contributed by atoms with E-state index in [4.69, 9.17) is 11.6 Å². The smallest absolute Gasteiger partial charge is 0.238 e. The van der Waals surface area contributed by atoms with Gasteiger partial charge in [0.1, 0.15) is 10.8 Å². The summed E-state index contributed by atoms with van der Waals surface area (Å²) in [6, 6.07) is 11.9. The van der Waals surface area contributed by atoms with Crippen molar-refractivity contribution in [3.8, 4) is 0 Å². The monoisotopic (exact) mass is 377 g/mol. The molecular weight excluding hydrogens is 361 g/mol. The number of hydrogen-bond donors (Lipinski definition) is 1. The Labute approximate surface area is 154 Å². The Bertz CT molecular complexity index is 881. The summed E-state index contributed by atoms with van der Waals surface area (Å²) in [4.78, 5) is 18.7. The predicted octanol–water partition coefficient (Wildman–Crippen LogP) is 4.72. The van der Waals surface area contributed by atoms with E-state index in [2.05, 4.69) is 10.3 Å². The zero-order valence-electron chi connectivity index (χ0n) is 13.8. The molecule has 1 amide bonds. The van der Waals surface area contributed by atoms with E-state index in [0.717, 1.165) is 15.2 Å². The highest BCUT2D eigenvalue weighted by molar-refractivity contribution is 7.18. The lowest BCUT2D eigenvalue weighted by molar-refractivity contribution is -0.117. The first-order valence-corrected chi connectivity index (χ1v) is 8.94. The molecule has 0 saturated carbocycles. The van der Waals surface area contributed by atoms with Gasteiger partial charge < -0.3 is 5.32 Å². The number of benzene rings is 2. The number of fused-ring (bicyclic) bond motifs is 1. The van der Waals surface area contributed by atoms with Crippen molar-refractivity contribution in [3.05, 3.63) is 58.3 Å². The van der Waals surface area contributed by atoms with Crippen molar-refractivity contribution in [2.75, 3.05) is 18.9 Å². The normalized spacial score (nSPS) is 12.5. The molecule has 0 bridgehead atoms. The van der Waals surface area contributed by atoms with Crippen molar-refractivity contribution < 1.29 is 9.18 Å². The zero-order valence-corrected chi connectivity index (χ0v) is 15.4. The molecule has 0 unspecified atom stereocenters. The summed E-state index contributed by atoms with van der Waals surface area (Å²) in [5, 5.41) is 3.86. The van der Waals surface area contributed by atoms with Crippen LogP contribution in [0.2, 0.25) is 5.02 Å². The molecule has 7 heteroatoms. The number of thiazole rings is 1. The highest BCUT2D eigenvalue weighted by Crippen LogP contribution is 2.28. The number of hydrogen-bond acceptors (Lipinski definition) is 4. The van der Waals surface area contributed by atoms with Crippen molar-refractivity contribution in [1.29, 1.82) is 0 Å². The predicted molar refractivity (Wildman–Crippen MR) is 101 cm³/mol. The van der Waals surface area contributed by atoms with E-state index in [-0.39, 0.29) is 24.2 Å². The van der Waals surface area contributed by atoms with E-state index >= 15 is 0 Å². The van der Waals surface area contributed by atoms with Crippen LogP contribution in [0.15, 0.2) is 42.5 Å². The van der Waals surface area contributed by atoms with Crippen LogP contribution in [0, 0.1) is 5.82 Å². The molecule has 3 rings (SSSR count). The van der Waals surface area contributed by atoms with Crippen LogP contribution >= 0.6 is 22.9 Å². The molecule has 1 atom stereocenters. The van der Waals surface area contributed by atoms with Gasteiger partial charge in [-0.25, -0.2) is 9.37 Å². The molecule has 2 aromatic carbocycles. The molecule has 0 fully saturated rings. The molecule has 1 heterocycles. The van der Waals surface area contributed by atoms with Crippen LogP contribution in [0.5, 0.6) is 0 Å². The summed E-state index contributed by atoms with van der Waals surface area (Å²) in [5.41, 5.74) is 1.03. The number of likely N-dealkylation sites (N-methyl/N-ethyl adjacent to an activating group) is 1. The van der Waals surface area contributed by atoms with Crippen LogP contribution in [0.1, 0.15) is 18.0 Å². The fraction of sp³-hybridized carbons (Fsp3) is 0.222.